The summed E-state index contributed by atoms with van der Waals surface area (Å²) in [6.45, 7) is 11.4. The highest BCUT2D eigenvalue weighted by Gasteiger charge is 2.07. The van der Waals surface area contributed by atoms with Gasteiger partial charge in [0.05, 0.1) is 6.61 Å². The Morgan fingerprint density at radius 2 is 1.59 bits per heavy atom. The second-order valence-electron chi connectivity index (χ2n) is 5.76. The van der Waals surface area contributed by atoms with Crippen LogP contribution in [0.1, 0.15) is 51.5 Å². The highest BCUT2D eigenvalue weighted by molar-refractivity contribution is 5.94. The van der Waals surface area contributed by atoms with Crippen molar-refractivity contribution in [2.45, 2.75) is 46.0 Å². The highest BCUT2D eigenvalue weighted by atomic mass is 16.5. The monoisotopic (exact) mass is 404 g/mol. The summed E-state index contributed by atoms with van der Waals surface area (Å²) in [6.07, 6.45) is 7.60. The predicted molar refractivity (Wildman–Crippen MR) is 115 cm³/mol. The van der Waals surface area contributed by atoms with E-state index in [0.717, 1.165) is 25.3 Å². The number of carboxylic acids is 2. The van der Waals surface area contributed by atoms with Crippen LogP contribution in [0.5, 0.6) is 0 Å². The number of hydrogen-bond acceptors (Lipinski definition) is 4. The fraction of sp³-hybridized carbons (Fsp3) is 0.348. The fourth-order valence-electron chi connectivity index (χ4n) is 1.72. The van der Waals surface area contributed by atoms with Gasteiger partial charge in [-0.05, 0) is 24.8 Å². The van der Waals surface area contributed by atoms with Gasteiger partial charge >= 0.3 is 17.9 Å². The molecule has 1 rings (SSSR count). The minimum absolute atomic E-state index is 0.0376. The van der Waals surface area contributed by atoms with Crippen LogP contribution in [0, 0.1) is 0 Å². The van der Waals surface area contributed by atoms with Gasteiger partial charge in [-0.3, -0.25) is 0 Å². The van der Waals surface area contributed by atoms with E-state index >= 15 is 0 Å². The maximum atomic E-state index is 10.4. The van der Waals surface area contributed by atoms with Gasteiger partial charge in [-0.25, -0.2) is 14.4 Å². The van der Waals surface area contributed by atoms with Crippen LogP contribution >= 0.6 is 0 Å². The smallest absolute Gasteiger partial charge is 0.331 e. The zero-order valence-corrected chi connectivity index (χ0v) is 17.3. The number of carboxylic acid groups (broad SMARTS) is 2. The number of unbranched alkanes of at least 4 members (excludes halogenated alkanes) is 2. The van der Waals surface area contributed by atoms with Crippen LogP contribution < -0.4 is 0 Å². The second-order valence-corrected chi connectivity index (χ2v) is 5.76. The molecule has 6 nitrogen and oxygen atoms in total. The van der Waals surface area contributed by atoms with Crippen molar-refractivity contribution in [3.8, 4) is 0 Å². The van der Waals surface area contributed by atoms with Gasteiger partial charge in [-0.15, -0.1) is 0 Å². The van der Waals surface area contributed by atoms with E-state index in [2.05, 4.69) is 17.9 Å². The maximum Gasteiger partial charge on any atom is 0.331 e. The molecule has 0 bridgehead atoms. The van der Waals surface area contributed by atoms with Crippen molar-refractivity contribution in [3.05, 3.63) is 66.8 Å². The SMILES string of the molecule is C=CC(=O)OCCCC.C=Cc1ccccc1.CCCC/C(=C/C(=O)O)C(=O)O. The van der Waals surface area contributed by atoms with Crippen LogP contribution in [0.4, 0.5) is 0 Å². The first-order valence-corrected chi connectivity index (χ1v) is 9.45. The number of aliphatic carboxylic acids is 2. The van der Waals surface area contributed by atoms with E-state index in [1.165, 1.54) is 11.6 Å². The van der Waals surface area contributed by atoms with Crippen LogP contribution in [0.3, 0.4) is 0 Å². The Bertz CT molecular complexity index is 647. The minimum Gasteiger partial charge on any atom is -0.478 e. The molecule has 0 radical (unpaired) electrons. The molecule has 0 unspecified atom stereocenters. The van der Waals surface area contributed by atoms with Gasteiger partial charge in [0.1, 0.15) is 0 Å². The number of carbonyl (C=O) groups is 3. The molecule has 0 aromatic heterocycles. The first kappa shape index (κ1) is 28.1. The number of ether oxygens (including phenoxy) is 1. The standard InChI is InChI=1S/C8H12O4.C8H8.C7H12O2/c1-2-3-4-6(8(11)12)5-7(9)10;1-2-8-6-4-3-5-7-8;1-3-5-6-9-7(8)4-2/h5H,2-4H2,1H3,(H,9,10)(H,11,12);2-7H,1H2;4H,2-3,5-6H2,1H3/b6-5-;;. The highest BCUT2D eigenvalue weighted by Crippen LogP contribution is 2.06. The van der Waals surface area contributed by atoms with Gasteiger partial charge in [0, 0.05) is 17.7 Å². The van der Waals surface area contributed by atoms with Gasteiger partial charge in [0.15, 0.2) is 0 Å². The lowest BCUT2D eigenvalue weighted by atomic mass is 10.1. The summed E-state index contributed by atoms with van der Waals surface area (Å²) in [5, 5.41) is 16.8. The third-order valence-corrected chi connectivity index (χ3v) is 3.32. The summed E-state index contributed by atoms with van der Waals surface area (Å²) in [5.41, 5.74) is 1.14. The zero-order valence-electron chi connectivity index (χ0n) is 17.3. The number of hydrogen-bond donors (Lipinski definition) is 2. The Hall–Kier alpha value is -3.15. The first-order valence-electron chi connectivity index (χ1n) is 9.45. The third kappa shape index (κ3) is 19.4. The molecule has 0 aliphatic rings. The lowest BCUT2D eigenvalue weighted by Crippen LogP contribution is -2.03. The molecule has 1 aromatic carbocycles. The number of benzene rings is 1. The lowest BCUT2D eigenvalue weighted by molar-refractivity contribution is -0.138. The van der Waals surface area contributed by atoms with Gasteiger partial charge in [0.2, 0.25) is 0 Å². The molecular formula is C23H32O6. The molecule has 1 aromatic rings. The van der Waals surface area contributed by atoms with Crippen LogP contribution in [-0.4, -0.2) is 34.7 Å². The molecule has 2 N–H and O–H groups in total. The Kier molecular flexibility index (Phi) is 19.0. The number of carbonyl (C=O) groups excluding carboxylic acids is 1. The van der Waals surface area contributed by atoms with Gasteiger partial charge < -0.3 is 14.9 Å². The van der Waals surface area contributed by atoms with E-state index in [9.17, 15) is 14.4 Å². The molecule has 0 aliphatic heterocycles. The molecular weight excluding hydrogens is 372 g/mol. The van der Waals surface area contributed by atoms with Crippen molar-refractivity contribution in [1.29, 1.82) is 0 Å². The average Bonchev–Trinajstić information content (AvgIpc) is 2.72. The summed E-state index contributed by atoms with van der Waals surface area (Å²) < 4.78 is 4.67. The van der Waals surface area contributed by atoms with E-state index in [4.69, 9.17) is 10.2 Å². The summed E-state index contributed by atoms with van der Waals surface area (Å²) in [7, 11) is 0. The normalized spacial score (nSPS) is 9.66. The van der Waals surface area contributed by atoms with Crippen LogP contribution in [0.2, 0.25) is 0 Å². The van der Waals surface area contributed by atoms with Crippen LogP contribution in [-0.2, 0) is 19.1 Å². The fourth-order valence-corrected chi connectivity index (χ4v) is 1.72. The molecule has 0 fully saturated rings. The summed E-state index contributed by atoms with van der Waals surface area (Å²) in [4.78, 5) is 30.9. The topological polar surface area (TPSA) is 101 Å². The van der Waals surface area contributed by atoms with Crippen LogP contribution in [0.15, 0.2) is 61.2 Å². The van der Waals surface area contributed by atoms with Gasteiger partial charge in [-0.1, -0.05) is 76.3 Å². The molecule has 0 spiro atoms. The molecule has 0 atom stereocenters. The molecule has 0 heterocycles. The average molecular weight is 405 g/mol. The molecule has 0 aliphatic carbocycles. The number of rotatable bonds is 10. The molecule has 160 valence electrons. The van der Waals surface area contributed by atoms with Crippen molar-refractivity contribution in [3.63, 3.8) is 0 Å². The maximum absolute atomic E-state index is 10.4. The summed E-state index contributed by atoms with van der Waals surface area (Å²) in [5.74, 6) is -2.68. The Morgan fingerprint density at radius 1 is 1.00 bits per heavy atom. The van der Waals surface area contributed by atoms with E-state index in [0.29, 0.717) is 19.4 Å². The summed E-state index contributed by atoms with van der Waals surface area (Å²) in [6, 6.07) is 10.0. The molecule has 29 heavy (non-hydrogen) atoms. The first-order chi connectivity index (χ1) is 13.8. The van der Waals surface area contributed by atoms with Crippen molar-refractivity contribution in [2.24, 2.45) is 0 Å². The quantitative estimate of drug-likeness (QED) is 0.319. The molecule has 0 amide bonds. The minimum atomic E-state index is -1.21. The van der Waals surface area contributed by atoms with Crippen molar-refractivity contribution >= 4 is 24.0 Å². The van der Waals surface area contributed by atoms with Crippen molar-refractivity contribution < 1.29 is 29.3 Å². The van der Waals surface area contributed by atoms with Gasteiger partial charge in [0.25, 0.3) is 0 Å². The molecule has 0 saturated heterocycles. The zero-order chi connectivity index (χ0) is 22.5. The van der Waals surface area contributed by atoms with E-state index in [1.54, 1.807) is 0 Å². The lowest BCUT2D eigenvalue weighted by Gasteiger charge is -1.97. The van der Waals surface area contributed by atoms with E-state index < -0.39 is 11.9 Å². The second kappa shape index (κ2) is 19.6. The van der Waals surface area contributed by atoms with Crippen molar-refractivity contribution in [2.75, 3.05) is 6.61 Å². The predicted octanol–water partition coefficient (Wildman–Crippen LogP) is 5.12. The van der Waals surface area contributed by atoms with Crippen LogP contribution in [0.25, 0.3) is 6.08 Å². The molecule has 6 heteroatoms. The van der Waals surface area contributed by atoms with Crippen molar-refractivity contribution in [1.82, 2.24) is 0 Å². The Balaban J connectivity index is 0. The van der Waals surface area contributed by atoms with E-state index in [-0.39, 0.29) is 11.5 Å². The Labute approximate surface area is 173 Å². The number of esters is 1. The molecule has 0 saturated carbocycles. The largest absolute Gasteiger partial charge is 0.478 e. The van der Waals surface area contributed by atoms with E-state index in [1.807, 2.05) is 50.3 Å². The van der Waals surface area contributed by atoms with Gasteiger partial charge in [-0.2, -0.15) is 0 Å². The Morgan fingerprint density at radius 3 is 1.97 bits per heavy atom. The summed E-state index contributed by atoms with van der Waals surface area (Å²) >= 11 is 0. The third-order valence-electron chi connectivity index (χ3n) is 3.32.